The Bertz CT molecular complexity index is 182. The van der Waals surface area contributed by atoms with Crippen LogP contribution >= 0.6 is 11.8 Å². The van der Waals surface area contributed by atoms with Crippen molar-refractivity contribution in [2.24, 2.45) is 5.92 Å². The molecule has 1 rings (SSSR count). The summed E-state index contributed by atoms with van der Waals surface area (Å²) in [6, 6.07) is 0.741. The van der Waals surface area contributed by atoms with Gasteiger partial charge in [-0.1, -0.05) is 40.5 Å². The summed E-state index contributed by atoms with van der Waals surface area (Å²) in [6.45, 7) is 10.4. The maximum absolute atomic E-state index is 3.70. The monoisotopic (exact) mass is 243 g/mol. The Hall–Kier alpha value is 0.310. The topological polar surface area (TPSA) is 12.0 Å². The van der Waals surface area contributed by atoms with Crippen LogP contribution in [0.25, 0.3) is 0 Å². The van der Waals surface area contributed by atoms with Crippen molar-refractivity contribution in [3.63, 3.8) is 0 Å². The fourth-order valence-electron chi connectivity index (χ4n) is 1.79. The van der Waals surface area contributed by atoms with E-state index < -0.39 is 0 Å². The van der Waals surface area contributed by atoms with Crippen molar-refractivity contribution in [3.8, 4) is 0 Å². The Morgan fingerprint density at radius 1 is 1.31 bits per heavy atom. The minimum absolute atomic E-state index is 0.408. The molecule has 1 saturated carbocycles. The lowest BCUT2D eigenvalue weighted by Crippen LogP contribution is -2.33. The van der Waals surface area contributed by atoms with E-state index >= 15 is 0 Å². The quantitative estimate of drug-likeness (QED) is 0.689. The summed E-state index contributed by atoms with van der Waals surface area (Å²) in [6.07, 6.45) is 7.07. The molecule has 1 N–H and O–H groups in total. The lowest BCUT2D eigenvalue weighted by Gasteiger charge is -2.24. The van der Waals surface area contributed by atoms with Gasteiger partial charge in [0.25, 0.3) is 0 Å². The lowest BCUT2D eigenvalue weighted by atomic mass is 10.1. The summed E-state index contributed by atoms with van der Waals surface area (Å²) in [4.78, 5) is 0. The molecule has 0 saturated heterocycles. The smallest absolute Gasteiger partial charge is 0.0158 e. The van der Waals surface area contributed by atoms with Gasteiger partial charge in [-0.15, -0.1) is 0 Å². The molecule has 0 radical (unpaired) electrons. The molecule has 0 amide bonds. The second kappa shape index (κ2) is 6.90. The lowest BCUT2D eigenvalue weighted by molar-refractivity contribution is 0.488. The van der Waals surface area contributed by atoms with E-state index in [1.165, 1.54) is 44.4 Å². The third-order valence-electron chi connectivity index (χ3n) is 3.02. The van der Waals surface area contributed by atoms with E-state index in [-0.39, 0.29) is 0 Å². The van der Waals surface area contributed by atoms with Crippen LogP contribution in [-0.4, -0.2) is 23.1 Å². The summed E-state index contributed by atoms with van der Waals surface area (Å²) in [5, 5.41) is 3.70. The molecular weight excluding hydrogens is 214 g/mol. The molecule has 1 atom stereocenters. The van der Waals surface area contributed by atoms with Crippen LogP contribution in [-0.2, 0) is 0 Å². The van der Waals surface area contributed by atoms with E-state index in [1.54, 1.807) is 0 Å². The van der Waals surface area contributed by atoms with Gasteiger partial charge in [0.15, 0.2) is 0 Å². The zero-order valence-electron chi connectivity index (χ0n) is 11.5. The third-order valence-corrected chi connectivity index (χ3v) is 4.46. The van der Waals surface area contributed by atoms with Crippen molar-refractivity contribution < 1.29 is 0 Å². The average molecular weight is 243 g/mol. The standard InChI is InChI=1S/C14H29NS/c1-5-10-15-13(9-8-12-6-7-12)11-16-14(2,3)4/h12-13,15H,5-11H2,1-4H3. The summed E-state index contributed by atoms with van der Waals surface area (Å²) in [7, 11) is 0. The van der Waals surface area contributed by atoms with Gasteiger partial charge in [-0.05, 0) is 31.7 Å². The Morgan fingerprint density at radius 2 is 2.00 bits per heavy atom. The van der Waals surface area contributed by atoms with Gasteiger partial charge in [-0.2, -0.15) is 11.8 Å². The highest BCUT2D eigenvalue weighted by Crippen LogP contribution is 2.34. The maximum Gasteiger partial charge on any atom is 0.0158 e. The first-order chi connectivity index (χ1) is 7.51. The molecule has 96 valence electrons. The summed E-state index contributed by atoms with van der Waals surface area (Å²) < 4.78 is 0.408. The average Bonchev–Trinajstić information content (AvgIpc) is 2.99. The van der Waals surface area contributed by atoms with E-state index in [2.05, 4.69) is 44.8 Å². The van der Waals surface area contributed by atoms with Crippen molar-refractivity contribution >= 4 is 11.8 Å². The molecule has 1 nitrogen and oxygen atoms in total. The molecule has 1 aliphatic rings. The Morgan fingerprint density at radius 3 is 2.50 bits per heavy atom. The van der Waals surface area contributed by atoms with E-state index in [1.807, 2.05) is 0 Å². The highest BCUT2D eigenvalue weighted by Gasteiger charge is 2.23. The van der Waals surface area contributed by atoms with Crippen LogP contribution < -0.4 is 5.32 Å². The van der Waals surface area contributed by atoms with Crippen LogP contribution in [0.4, 0.5) is 0 Å². The predicted molar refractivity (Wildman–Crippen MR) is 76.3 cm³/mol. The van der Waals surface area contributed by atoms with Gasteiger partial charge in [0, 0.05) is 16.5 Å². The second-order valence-electron chi connectivity index (χ2n) is 6.10. The minimum atomic E-state index is 0.408. The van der Waals surface area contributed by atoms with Crippen molar-refractivity contribution in [1.29, 1.82) is 0 Å². The molecule has 0 aromatic heterocycles. The molecule has 1 fully saturated rings. The largest absolute Gasteiger partial charge is 0.313 e. The number of thioether (sulfide) groups is 1. The highest BCUT2D eigenvalue weighted by molar-refractivity contribution is 8.00. The molecule has 0 aromatic carbocycles. The van der Waals surface area contributed by atoms with Gasteiger partial charge in [0.05, 0.1) is 0 Å². The molecule has 16 heavy (non-hydrogen) atoms. The number of hydrogen-bond donors (Lipinski definition) is 1. The first-order valence-electron chi connectivity index (χ1n) is 6.88. The summed E-state index contributed by atoms with van der Waals surface area (Å²) in [5.41, 5.74) is 0. The summed E-state index contributed by atoms with van der Waals surface area (Å²) in [5.74, 6) is 2.35. The number of nitrogens with one attached hydrogen (secondary N) is 1. The first-order valence-corrected chi connectivity index (χ1v) is 7.87. The van der Waals surface area contributed by atoms with Crippen molar-refractivity contribution in [1.82, 2.24) is 5.32 Å². The molecule has 0 heterocycles. The van der Waals surface area contributed by atoms with Gasteiger partial charge < -0.3 is 5.32 Å². The van der Waals surface area contributed by atoms with Crippen LogP contribution in [0.1, 0.15) is 59.8 Å². The van der Waals surface area contributed by atoms with Crippen LogP contribution in [0.2, 0.25) is 0 Å². The zero-order chi connectivity index (χ0) is 12.0. The molecule has 1 unspecified atom stereocenters. The van der Waals surface area contributed by atoms with E-state index in [0.717, 1.165) is 12.0 Å². The van der Waals surface area contributed by atoms with Crippen molar-refractivity contribution in [2.45, 2.75) is 70.6 Å². The first kappa shape index (κ1) is 14.4. The van der Waals surface area contributed by atoms with E-state index in [4.69, 9.17) is 0 Å². The Balaban J connectivity index is 2.18. The van der Waals surface area contributed by atoms with Gasteiger partial charge >= 0.3 is 0 Å². The number of rotatable bonds is 8. The molecule has 2 heteroatoms. The minimum Gasteiger partial charge on any atom is -0.313 e. The predicted octanol–water partition coefficient (Wildman–Crippen LogP) is 4.08. The SMILES string of the molecule is CCCNC(CCC1CC1)CSC(C)(C)C. The van der Waals surface area contributed by atoms with Crippen molar-refractivity contribution in [2.75, 3.05) is 12.3 Å². The van der Waals surface area contributed by atoms with Crippen LogP contribution in [0.15, 0.2) is 0 Å². The van der Waals surface area contributed by atoms with Gasteiger partial charge in [-0.25, -0.2) is 0 Å². The van der Waals surface area contributed by atoms with Crippen molar-refractivity contribution in [3.05, 3.63) is 0 Å². The third kappa shape index (κ3) is 7.56. The van der Waals surface area contributed by atoms with Gasteiger partial charge in [0.1, 0.15) is 0 Å². The fraction of sp³-hybridized carbons (Fsp3) is 1.00. The van der Waals surface area contributed by atoms with E-state index in [0.29, 0.717) is 4.75 Å². The van der Waals surface area contributed by atoms with Gasteiger partial charge in [0.2, 0.25) is 0 Å². The van der Waals surface area contributed by atoms with Crippen LogP contribution in [0.5, 0.6) is 0 Å². The molecule has 0 aliphatic heterocycles. The molecule has 0 spiro atoms. The molecule has 1 aliphatic carbocycles. The fourth-order valence-corrected chi connectivity index (χ4v) is 2.77. The normalized spacial score (nSPS) is 18.8. The Kier molecular flexibility index (Phi) is 6.20. The molecule has 0 bridgehead atoms. The van der Waals surface area contributed by atoms with Crippen LogP contribution in [0, 0.1) is 5.92 Å². The highest BCUT2D eigenvalue weighted by atomic mass is 32.2. The number of hydrogen-bond acceptors (Lipinski definition) is 2. The molecule has 0 aromatic rings. The zero-order valence-corrected chi connectivity index (χ0v) is 12.3. The summed E-state index contributed by atoms with van der Waals surface area (Å²) >= 11 is 2.10. The Labute approximate surface area is 106 Å². The van der Waals surface area contributed by atoms with E-state index in [9.17, 15) is 0 Å². The molecular formula is C14H29NS. The van der Waals surface area contributed by atoms with Gasteiger partial charge in [-0.3, -0.25) is 0 Å². The maximum atomic E-state index is 3.70. The second-order valence-corrected chi connectivity index (χ2v) is 7.94. The van der Waals surface area contributed by atoms with Crippen LogP contribution in [0.3, 0.4) is 0 Å².